The third-order valence-electron chi connectivity index (χ3n) is 4.58. The van der Waals surface area contributed by atoms with Crippen molar-refractivity contribution in [2.24, 2.45) is 0 Å². The van der Waals surface area contributed by atoms with Crippen molar-refractivity contribution in [1.29, 1.82) is 0 Å². The summed E-state index contributed by atoms with van der Waals surface area (Å²) in [6.07, 6.45) is 1.46. The first-order valence-electron chi connectivity index (χ1n) is 9.04. The zero-order chi connectivity index (χ0) is 20.1. The van der Waals surface area contributed by atoms with Crippen LogP contribution in [-0.4, -0.2) is 19.0 Å². The Balaban J connectivity index is 1.82. The van der Waals surface area contributed by atoms with Gasteiger partial charge in [-0.3, -0.25) is 4.79 Å². The monoisotopic (exact) mass is 408 g/mol. The summed E-state index contributed by atoms with van der Waals surface area (Å²) < 4.78 is 39.4. The Morgan fingerprint density at radius 1 is 1.04 bits per heavy atom. The van der Waals surface area contributed by atoms with Crippen molar-refractivity contribution < 1.29 is 18.0 Å². The van der Waals surface area contributed by atoms with Crippen LogP contribution in [0.5, 0.6) is 0 Å². The lowest BCUT2D eigenvalue weighted by Gasteiger charge is -2.31. The van der Waals surface area contributed by atoms with Crippen molar-refractivity contribution in [3.63, 3.8) is 0 Å². The van der Waals surface area contributed by atoms with Crippen LogP contribution < -0.4 is 10.2 Å². The molecule has 0 aromatic heterocycles. The van der Waals surface area contributed by atoms with Crippen LogP contribution in [0.25, 0.3) is 6.08 Å². The lowest BCUT2D eigenvalue weighted by molar-refractivity contribution is -0.137. The number of alkyl halides is 3. The fourth-order valence-corrected chi connectivity index (χ4v) is 3.27. The average molecular weight is 409 g/mol. The molecule has 2 aromatic rings. The molecule has 0 spiro atoms. The molecular formula is C21H20ClF3N2O. The van der Waals surface area contributed by atoms with Gasteiger partial charge >= 0.3 is 6.18 Å². The Kier molecular flexibility index (Phi) is 6.29. The SMILES string of the molecule is O=C(/C=C/c1ccc(Cl)cc1)Nc1cc(C(F)(F)F)ccc1N1CCCCC1. The highest BCUT2D eigenvalue weighted by Crippen LogP contribution is 2.36. The minimum atomic E-state index is -4.47. The molecule has 0 unspecified atom stereocenters. The Morgan fingerprint density at radius 2 is 1.71 bits per heavy atom. The molecule has 1 amide bonds. The molecule has 3 nitrogen and oxygen atoms in total. The van der Waals surface area contributed by atoms with E-state index in [1.54, 1.807) is 30.3 Å². The quantitative estimate of drug-likeness (QED) is 0.629. The largest absolute Gasteiger partial charge is 0.416 e. The highest BCUT2D eigenvalue weighted by molar-refractivity contribution is 6.30. The molecule has 0 aliphatic carbocycles. The van der Waals surface area contributed by atoms with Gasteiger partial charge < -0.3 is 10.2 Å². The number of amides is 1. The molecule has 1 aliphatic rings. The molecule has 0 radical (unpaired) electrons. The van der Waals surface area contributed by atoms with E-state index in [0.717, 1.165) is 50.0 Å². The Hall–Kier alpha value is -2.47. The average Bonchev–Trinajstić information content (AvgIpc) is 2.67. The van der Waals surface area contributed by atoms with Gasteiger partial charge in [-0.05, 0) is 61.2 Å². The lowest BCUT2D eigenvalue weighted by Crippen LogP contribution is -2.30. The first kappa shape index (κ1) is 20.3. The summed E-state index contributed by atoms with van der Waals surface area (Å²) in [6.45, 7) is 1.52. The standard InChI is InChI=1S/C21H20ClF3N2O/c22-17-8-4-15(5-9-17)6-11-20(28)26-18-14-16(21(23,24)25)7-10-19(18)27-12-2-1-3-13-27/h4-11,14H,1-3,12-13H2,(H,26,28)/b11-6+. The number of piperidine rings is 1. The maximum Gasteiger partial charge on any atom is 0.416 e. The number of carbonyl (C=O) groups excluding carboxylic acids is 1. The number of benzene rings is 2. The molecule has 1 fully saturated rings. The second kappa shape index (κ2) is 8.69. The Bertz CT molecular complexity index is 857. The normalized spacial score (nSPS) is 15.1. The summed E-state index contributed by atoms with van der Waals surface area (Å²) in [7, 11) is 0. The molecule has 0 atom stereocenters. The topological polar surface area (TPSA) is 32.3 Å². The van der Waals surface area contributed by atoms with Crippen LogP contribution >= 0.6 is 11.6 Å². The summed E-state index contributed by atoms with van der Waals surface area (Å²) >= 11 is 5.82. The van der Waals surface area contributed by atoms with Crippen LogP contribution in [-0.2, 0) is 11.0 Å². The van der Waals surface area contributed by atoms with Gasteiger partial charge in [-0.25, -0.2) is 0 Å². The fraction of sp³-hybridized carbons (Fsp3) is 0.286. The molecule has 148 valence electrons. The molecule has 1 heterocycles. The highest BCUT2D eigenvalue weighted by Gasteiger charge is 2.31. The van der Waals surface area contributed by atoms with Gasteiger partial charge in [-0.15, -0.1) is 0 Å². The van der Waals surface area contributed by atoms with Crippen molar-refractivity contribution in [1.82, 2.24) is 0 Å². The van der Waals surface area contributed by atoms with Crippen molar-refractivity contribution in [3.05, 3.63) is 64.7 Å². The summed E-state index contributed by atoms with van der Waals surface area (Å²) in [5.41, 5.74) is 0.758. The summed E-state index contributed by atoms with van der Waals surface area (Å²) in [5.74, 6) is -0.493. The first-order valence-corrected chi connectivity index (χ1v) is 9.41. The second-order valence-corrected chi connectivity index (χ2v) is 7.09. The number of hydrogen-bond acceptors (Lipinski definition) is 2. The number of halogens is 4. The third-order valence-corrected chi connectivity index (χ3v) is 4.83. The van der Waals surface area contributed by atoms with E-state index in [1.807, 2.05) is 4.90 Å². The molecule has 2 aromatic carbocycles. The van der Waals surface area contributed by atoms with Crippen molar-refractivity contribution in [2.75, 3.05) is 23.3 Å². The Morgan fingerprint density at radius 3 is 2.36 bits per heavy atom. The van der Waals surface area contributed by atoms with E-state index in [-0.39, 0.29) is 5.69 Å². The number of anilines is 2. The van der Waals surface area contributed by atoms with Gasteiger partial charge in [0.2, 0.25) is 5.91 Å². The summed E-state index contributed by atoms with van der Waals surface area (Å²) in [4.78, 5) is 14.3. The van der Waals surface area contributed by atoms with E-state index in [2.05, 4.69) is 5.32 Å². The summed E-state index contributed by atoms with van der Waals surface area (Å²) in [5, 5.41) is 3.19. The van der Waals surface area contributed by atoms with Crippen LogP contribution in [0.4, 0.5) is 24.5 Å². The van der Waals surface area contributed by atoms with E-state index >= 15 is 0 Å². The van der Waals surface area contributed by atoms with Gasteiger partial charge in [0.25, 0.3) is 0 Å². The number of nitrogens with zero attached hydrogens (tertiary/aromatic N) is 1. The predicted molar refractivity (Wildman–Crippen MR) is 107 cm³/mol. The van der Waals surface area contributed by atoms with Gasteiger partial charge in [-0.1, -0.05) is 23.7 Å². The first-order chi connectivity index (χ1) is 13.3. The fourth-order valence-electron chi connectivity index (χ4n) is 3.14. The maximum absolute atomic E-state index is 13.1. The second-order valence-electron chi connectivity index (χ2n) is 6.65. The molecule has 1 saturated heterocycles. The lowest BCUT2D eigenvalue weighted by atomic mass is 10.1. The van der Waals surface area contributed by atoms with E-state index in [0.29, 0.717) is 10.7 Å². The molecule has 28 heavy (non-hydrogen) atoms. The third kappa shape index (κ3) is 5.29. The minimum absolute atomic E-state index is 0.169. The van der Waals surface area contributed by atoms with Gasteiger partial charge in [0.1, 0.15) is 0 Å². The zero-order valence-electron chi connectivity index (χ0n) is 15.1. The minimum Gasteiger partial charge on any atom is -0.370 e. The highest BCUT2D eigenvalue weighted by atomic mass is 35.5. The van der Waals surface area contributed by atoms with Crippen LogP contribution in [0.15, 0.2) is 48.5 Å². The molecule has 0 bridgehead atoms. The van der Waals surface area contributed by atoms with E-state index in [1.165, 1.54) is 12.1 Å². The van der Waals surface area contributed by atoms with E-state index in [9.17, 15) is 18.0 Å². The van der Waals surface area contributed by atoms with Gasteiger partial charge in [0.15, 0.2) is 0 Å². The molecule has 0 saturated carbocycles. The number of nitrogens with one attached hydrogen (secondary N) is 1. The molecule has 1 aliphatic heterocycles. The molecular weight excluding hydrogens is 389 g/mol. The van der Waals surface area contributed by atoms with Crippen LogP contribution in [0.3, 0.4) is 0 Å². The maximum atomic E-state index is 13.1. The summed E-state index contributed by atoms with van der Waals surface area (Å²) in [6, 6.07) is 10.4. The van der Waals surface area contributed by atoms with Crippen LogP contribution in [0.1, 0.15) is 30.4 Å². The Labute approximate surface area is 166 Å². The van der Waals surface area contributed by atoms with E-state index < -0.39 is 17.6 Å². The van der Waals surface area contributed by atoms with Gasteiger partial charge in [0.05, 0.1) is 16.9 Å². The number of hydrogen-bond donors (Lipinski definition) is 1. The van der Waals surface area contributed by atoms with Crippen LogP contribution in [0, 0.1) is 0 Å². The van der Waals surface area contributed by atoms with Crippen LogP contribution in [0.2, 0.25) is 5.02 Å². The smallest absolute Gasteiger partial charge is 0.370 e. The van der Waals surface area contributed by atoms with Crippen molar-refractivity contribution in [2.45, 2.75) is 25.4 Å². The van der Waals surface area contributed by atoms with E-state index in [4.69, 9.17) is 11.6 Å². The molecule has 1 N–H and O–H groups in total. The molecule has 3 rings (SSSR count). The van der Waals surface area contributed by atoms with Crippen molar-refractivity contribution >= 4 is 35.0 Å². The molecule has 7 heteroatoms. The van der Waals surface area contributed by atoms with Crippen molar-refractivity contribution in [3.8, 4) is 0 Å². The predicted octanol–water partition coefficient (Wildman–Crippen LogP) is 6.00. The zero-order valence-corrected chi connectivity index (χ0v) is 15.9. The van der Waals surface area contributed by atoms with Gasteiger partial charge in [-0.2, -0.15) is 13.2 Å². The number of carbonyl (C=O) groups is 1. The van der Waals surface area contributed by atoms with Gasteiger partial charge in [0, 0.05) is 24.2 Å². The number of rotatable bonds is 4.